The molecule has 5 rings (SSSR count). The second-order valence-electron chi connectivity index (χ2n) is 8.27. The van der Waals surface area contributed by atoms with E-state index < -0.39 is 5.25 Å². The number of carbonyl (C=O) groups is 1. The highest BCUT2D eigenvalue weighted by atomic mass is 32.2. The van der Waals surface area contributed by atoms with Crippen molar-refractivity contribution in [2.45, 2.75) is 10.1 Å². The van der Waals surface area contributed by atoms with Gasteiger partial charge in [0, 0.05) is 22.3 Å². The molecule has 192 valence electrons. The maximum absolute atomic E-state index is 13.5. The molecule has 0 radical (unpaired) electrons. The summed E-state index contributed by atoms with van der Waals surface area (Å²) in [5.74, 6) is 1.83. The van der Waals surface area contributed by atoms with Gasteiger partial charge in [0.05, 0.1) is 12.8 Å². The highest BCUT2D eigenvalue weighted by molar-refractivity contribution is 8.00. The van der Waals surface area contributed by atoms with Gasteiger partial charge in [-0.15, -0.1) is 11.8 Å². The molecule has 7 nitrogen and oxygen atoms in total. The number of hydrogen-bond acceptors (Lipinski definition) is 6. The Bertz CT molecular complexity index is 1450. The fraction of sp³-hybridized carbons (Fsp3) is 0.103. The predicted molar refractivity (Wildman–Crippen MR) is 156 cm³/mol. The van der Waals surface area contributed by atoms with Crippen molar-refractivity contribution in [3.8, 4) is 17.2 Å². The van der Waals surface area contributed by atoms with Crippen LogP contribution < -0.4 is 30.2 Å². The van der Waals surface area contributed by atoms with Gasteiger partial charge >= 0.3 is 0 Å². The van der Waals surface area contributed by atoms with Gasteiger partial charge in [-0.2, -0.15) is 0 Å². The molecule has 1 heterocycles. The van der Waals surface area contributed by atoms with Crippen LogP contribution in [0.25, 0.3) is 0 Å². The number of thiocarbonyl (C=S) groups is 1. The maximum atomic E-state index is 13.5. The number of para-hydroxylation sites is 2. The summed E-state index contributed by atoms with van der Waals surface area (Å²) in [6, 6.07) is 30.4. The summed E-state index contributed by atoms with van der Waals surface area (Å²) < 4.78 is 16.2. The molecule has 0 saturated heterocycles. The van der Waals surface area contributed by atoms with Gasteiger partial charge in [-0.25, -0.2) is 0 Å². The molecule has 0 bridgehead atoms. The van der Waals surface area contributed by atoms with E-state index in [0.29, 0.717) is 28.0 Å². The Morgan fingerprint density at radius 3 is 2.45 bits per heavy atom. The number of benzene rings is 4. The fourth-order valence-corrected chi connectivity index (χ4v) is 5.21. The molecular weight excluding hydrogens is 518 g/mol. The summed E-state index contributed by atoms with van der Waals surface area (Å²) in [6.07, 6.45) is 0. The van der Waals surface area contributed by atoms with Crippen molar-refractivity contribution in [2.75, 3.05) is 29.9 Å². The van der Waals surface area contributed by atoms with E-state index in [0.717, 1.165) is 21.8 Å². The van der Waals surface area contributed by atoms with Crippen LogP contribution in [-0.2, 0) is 4.79 Å². The Morgan fingerprint density at radius 1 is 0.842 bits per heavy atom. The summed E-state index contributed by atoms with van der Waals surface area (Å²) in [5, 5.41) is 9.34. The second-order valence-corrected chi connectivity index (χ2v) is 9.86. The summed E-state index contributed by atoms with van der Waals surface area (Å²) >= 11 is 6.97. The Morgan fingerprint density at radius 2 is 1.61 bits per heavy atom. The van der Waals surface area contributed by atoms with Gasteiger partial charge < -0.3 is 30.2 Å². The van der Waals surface area contributed by atoms with Crippen LogP contribution >= 0.6 is 24.0 Å². The predicted octanol–water partition coefficient (Wildman–Crippen LogP) is 6.70. The largest absolute Gasteiger partial charge is 0.495 e. The van der Waals surface area contributed by atoms with Crippen molar-refractivity contribution < 1.29 is 19.0 Å². The lowest BCUT2D eigenvalue weighted by molar-refractivity contribution is -0.115. The minimum Gasteiger partial charge on any atom is -0.495 e. The first kappa shape index (κ1) is 25.4. The van der Waals surface area contributed by atoms with Crippen molar-refractivity contribution in [2.24, 2.45) is 0 Å². The van der Waals surface area contributed by atoms with Crippen LogP contribution in [0.2, 0.25) is 0 Å². The fourth-order valence-electron chi connectivity index (χ4n) is 3.90. The van der Waals surface area contributed by atoms with Crippen LogP contribution in [0.15, 0.2) is 102 Å². The number of thioether (sulfide) groups is 1. The molecule has 0 aliphatic carbocycles. The lowest BCUT2D eigenvalue weighted by Gasteiger charge is -2.18. The first-order valence-corrected chi connectivity index (χ1v) is 13.1. The molecule has 0 saturated carbocycles. The zero-order chi connectivity index (χ0) is 26.3. The second kappa shape index (κ2) is 11.9. The minimum absolute atomic E-state index is 0.146. The number of nitrogens with one attached hydrogen (secondary N) is 3. The SMILES string of the molecule is COc1ccccc1NC(=S)Nc1cccc(SC(C(=O)Nc2ccc3c(c2)OCO3)c2ccccc2)c1. The third-order valence-electron chi connectivity index (χ3n) is 5.68. The van der Waals surface area contributed by atoms with Crippen LogP contribution in [0.5, 0.6) is 17.2 Å². The van der Waals surface area contributed by atoms with E-state index in [-0.39, 0.29) is 12.7 Å². The summed E-state index contributed by atoms with van der Waals surface area (Å²) in [7, 11) is 1.61. The molecule has 4 aromatic carbocycles. The molecule has 0 spiro atoms. The summed E-state index contributed by atoms with van der Waals surface area (Å²) in [5.41, 5.74) is 3.10. The van der Waals surface area contributed by atoms with E-state index in [1.165, 1.54) is 11.8 Å². The Labute approximate surface area is 230 Å². The number of carbonyl (C=O) groups excluding carboxylic acids is 1. The van der Waals surface area contributed by atoms with E-state index in [4.69, 9.17) is 26.4 Å². The Balaban J connectivity index is 1.31. The number of amides is 1. The summed E-state index contributed by atoms with van der Waals surface area (Å²) in [6.45, 7) is 0.178. The van der Waals surface area contributed by atoms with E-state index >= 15 is 0 Å². The van der Waals surface area contributed by atoms with Crippen LogP contribution in [-0.4, -0.2) is 24.9 Å². The van der Waals surface area contributed by atoms with Gasteiger partial charge in [-0.1, -0.05) is 48.5 Å². The van der Waals surface area contributed by atoms with E-state index in [1.807, 2.05) is 78.9 Å². The molecule has 0 aromatic heterocycles. The van der Waals surface area contributed by atoms with Crippen molar-refractivity contribution in [3.63, 3.8) is 0 Å². The molecule has 1 atom stereocenters. The van der Waals surface area contributed by atoms with Crippen LogP contribution in [0.3, 0.4) is 0 Å². The first-order chi connectivity index (χ1) is 18.6. The van der Waals surface area contributed by atoms with Gasteiger partial charge in [0.2, 0.25) is 12.7 Å². The monoisotopic (exact) mass is 543 g/mol. The molecule has 1 amide bonds. The normalized spacial score (nSPS) is 12.3. The Hall–Kier alpha value is -4.21. The quantitative estimate of drug-likeness (QED) is 0.167. The molecule has 38 heavy (non-hydrogen) atoms. The highest BCUT2D eigenvalue weighted by Gasteiger charge is 2.23. The van der Waals surface area contributed by atoms with Gasteiger partial charge in [0.1, 0.15) is 11.0 Å². The van der Waals surface area contributed by atoms with Gasteiger partial charge in [0.25, 0.3) is 0 Å². The molecule has 1 unspecified atom stereocenters. The number of ether oxygens (including phenoxy) is 3. The van der Waals surface area contributed by atoms with Crippen molar-refractivity contribution in [1.29, 1.82) is 0 Å². The number of fused-ring (bicyclic) bond motifs is 1. The summed E-state index contributed by atoms with van der Waals surface area (Å²) in [4.78, 5) is 14.4. The molecule has 4 aromatic rings. The van der Waals surface area contributed by atoms with Crippen molar-refractivity contribution >= 4 is 52.1 Å². The number of rotatable bonds is 8. The third kappa shape index (κ3) is 6.19. The zero-order valence-corrected chi connectivity index (χ0v) is 22.1. The van der Waals surface area contributed by atoms with Crippen molar-refractivity contribution in [3.05, 3.63) is 103 Å². The highest BCUT2D eigenvalue weighted by Crippen LogP contribution is 2.39. The van der Waals surface area contributed by atoms with E-state index in [9.17, 15) is 4.79 Å². The first-order valence-electron chi connectivity index (χ1n) is 11.8. The minimum atomic E-state index is -0.490. The molecule has 1 aliphatic heterocycles. The van der Waals surface area contributed by atoms with E-state index in [1.54, 1.807) is 25.3 Å². The van der Waals surface area contributed by atoms with Gasteiger partial charge in [0.15, 0.2) is 16.6 Å². The molecular formula is C29H25N3O4S2. The van der Waals surface area contributed by atoms with Crippen LogP contribution in [0.4, 0.5) is 17.1 Å². The number of anilines is 3. The molecule has 1 aliphatic rings. The number of hydrogen-bond donors (Lipinski definition) is 3. The van der Waals surface area contributed by atoms with E-state index in [2.05, 4.69) is 16.0 Å². The lowest BCUT2D eigenvalue weighted by atomic mass is 10.1. The number of methoxy groups -OCH3 is 1. The topological polar surface area (TPSA) is 80.9 Å². The zero-order valence-electron chi connectivity index (χ0n) is 20.5. The average molecular weight is 544 g/mol. The molecule has 0 fully saturated rings. The molecule has 9 heteroatoms. The standard InChI is InChI=1S/C29H25N3O4S2/c1-34-24-13-6-5-12-23(24)32-29(37)31-20-10-7-11-22(16-20)38-27(19-8-3-2-4-9-19)28(33)30-21-14-15-25-26(17-21)36-18-35-25/h2-17,27H,18H2,1H3,(H,30,33)(H2,31,32,37). The maximum Gasteiger partial charge on any atom is 0.242 e. The lowest BCUT2D eigenvalue weighted by Crippen LogP contribution is -2.20. The Kier molecular flexibility index (Phi) is 7.96. The van der Waals surface area contributed by atoms with Crippen molar-refractivity contribution in [1.82, 2.24) is 0 Å². The molecule has 3 N–H and O–H groups in total. The van der Waals surface area contributed by atoms with Crippen LogP contribution in [0, 0.1) is 0 Å². The third-order valence-corrected chi connectivity index (χ3v) is 7.13. The average Bonchev–Trinajstić information content (AvgIpc) is 3.40. The smallest absolute Gasteiger partial charge is 0.242 e. The van der Waals surface area contributed by atoms with Gasteiger partial charge in [-0.3, -0.25) is 4.79 Å². The van der Waals surface area contributed by atoms with Gasteiger partial charge in [-0.05, 0) is 60.2 Å². The van der Waals surface area contributed by atoms with Crippen LogP contribution in [0.1, 0.15) is 10.8 Å².